The molecule has 0 radical (unpaired) electrons. The summed E-state index contributed by atoms with van der Waals surface area (Å²) in [5.74, 6) is -8.50. The molecule has 0 aliphatic carbocycles. The van der Waals surface area contributed by atoms with Crippen molar-refractivity contribution in [2.24, 2.45) is 5.11 Å². The van der Waals surface area contributed by atoms with E-state index in [4.69, 9.17) is 10.6 Å². The van der Waals surface area contributed by atoms with Crippen molar-refractivity contribution in [1.82, 2.24) is 4.98 Å². The van der Waals surface area contributed by atoms with E-state index in [0.29, 0.717) is 0 Å². The zero-order chi connectivity index (χ0) is 17.1. The number of aromatic carboxylic acids is 1. The van der Waals surface area contributed by atoms with Crippen LogP contribution in [0.1, 0.15) is 27.5 Å². The van der Waals surface area contributed by atoms with Gasteiger partial charge in [-0.25, -0.2) is 22.4 Å². The van der Waals surface area contributed by atoms with Crippen LogP contribution in [0.3, 0.4) is 0 Å². The van der Waals surface area contributed by atoms with Crippen LogP contribution in [0.2, 0.25) is 0 Å². The lowest BCUT2D eigenvalue weighted by molar-refractivity contribution is 0.0695. The minimum atomic E-state index is -1.93. The van der Waals surface area contributed by atoms with Crippen LogP contribution in [-0.2, 0) is 0 Å². The van der Waals surface area contributed by atoms with Gasteiger partial charge in [0, 0.05) is 28.9 Å². The molecule has 0 amide bonds. The predicted octanol–water partition coefficient (Wildman–Crippen LogP) is 3.74. The van der Waals surface area contributed by atoms with Gasteiger partial charge < -0.3 is 5.11 Å². The van der Waals surface area contributed by atoms with E-state index in [-0.39, 0.29) is 11.6 Å². The molecular formula is C13H6F4N4O2. The number of benzene rings is 1. The topological polar surface area (TPSA) is 99.0 Å². The van der Waals surface area contributed by atoms with E-state index < -0.39 is 46.4 Å². The molecule has 10 heteroatoms. The smallest absolute Gasteiger partial charge is 0.337 e. The molecule has 1 unspecified atom stereocenters. The Labute approximate surface area is 125 Å². The molecule has 0 saturated heterocycles. The fraction of sp³-hybridized carbons (Fsp3) is 0.0769. The molecule has 118 valence electrons. The molecule has 0 bridgehead atoms. The maximum atomic E-state index is 13.9. The first-order valence-corrected chi connectivity index (χ1v) is 5.92. The maximum Gasteiger partial charge on any atom is 0.337 e. The number of hydrogen-bond acceptors (Lipinski definition) is 3. The summed E-state index contributed by atoms with van der Waals surface area (Å²) in [5.41, 5.74) is 6.44. The van der Waals surface area contributed by atoms with Crippen molar-refractivity contribution >= 4 is 5.97 Å². The van der Waals surface area contributed by atoms with Crippen LogP contribution in [0, 0.1) is 23.3 Å². The molecule has 0 spiro atoms. The zero-order valence-corrected chi connectivity index (χ0v) is 11.0. The summed E-state index contributed by atoms with van der Waals surface area (Å²) in [6.07, 6.45) is 1.93. The molecule has 6 nitrogen and oxygen atoms in total. The minimum Gasteiger partial charge on any atom is -0.478 e. The SMILES string of the molecule is [N-]=[N+]=NC(c1ccncc1C(=O)O)c1c(F)c(F)cc(F)c1F. The highest BCUT2D eigenvalue weighted by Crippen LogP contribution is 2.34. The highest BCUT2D eigenvalue weighted by molar-refractivity contribution is 5.89. The van der Waals surface area contributed by atoms with Gasteiger partial charge in [-0.2, -0.15) is 0 Å². The summed E-state index contributed by atoms with van der Waals surface area (Å²) in [6, 6.07) is -0.921. The molecule has 1 aromatic heterocycles. The quantitative estimate of drug-likeness (QED) is 0.304. The second-order valence-corrected chi connectivity index (χ2v) is 4.26. The molecular weight excluding hydrogens is 320 g/mol. The number of nitrogens with zero attached hydrogens (tertiary/aromatic N) is 4. The van der Waals surface area contributed by atoms with Crippen LogP contribution in [0.5, 0.6) is 0 Å². The number of pyridine rings is 1. The van der Waals surface area contributed by atoms with E-state index in [1.165, 1.54) is 0 Å². The number of carboxylic acid groups (broad SMARTS) is 1. The Bertz CT molecular complexity index is 811. The Morgan fingerprint density at radius 3 is 2.39 bits per heavy atom. The van der Waals surface area contributed by atoms with Gasteiger partial charge in [-0.3, -0.25) is 4.98 Å². The third kappa shape index (κ3) is 2.92. The van der Waals surface area contributed by atoms with Gasteiger partial charge in [0.25, 0.3) is 0 Å². The van der Waals surface area contributed by atoms with Gasteiger partial charge in [-0.1, -0.05) is 5.11 Å². The van der Waals surface area contributed by atoms with Gasteiger partial charge in [0.1, 0.15) is 0 Å². The largest absolute Gasteiger partial charge is 0.478 e. The van der Waals surface area contributed by atoms with Crippen LogP contribution >= 0.6 is 0 Å². The number of rotatable bonds is 4. The standard InChI is InChI=1S/C13H6F4N4O2/c14-7-3-8(15)11(17)9(10(7)16)12(20-21-18)5-1-2-19-4-6(5)13(22)23/h1-4,12H,(H,22,23). The maximum absolute atomic E-state index is 13.9. The zero-order valence-electron chi connectivity index (χ0n) is 11.0. The fourth-order valence-corrected chi connectivity index (χ4v) is 1.98. The molecule has 1 atom stereocenters. The minimum absolute atomic E-state index is 0.00797. The molecule has 0 fully saturated rings. The first kappa shape index (κ1) is 16.2. The van der Waals surface area contributed by atoms with Crippen molar-refractivity contribution in [2.45, 2.75) is 6.04 Å². The van der Waals surface area contributed by atoms with Gasteiger partial charge in [0.05, 0.1) is 11.6 Å². The number of aromatic nitrogens is 1. The van der Waals surface area contributed by atoms with E-state index in [0.717, 1.165) is 18.5 Å². The van der Waals surface area contributed by atoms with E-state index >= 15 is 0 Å². The first-order valence-electron chi connectivity index (χ1n) is 5.92. The molecule has 1 aromatic carbocycles. The summed E-state index contributed by atoms with van der Waals surface area (Å²) in [6.45, 7) is 0. The number of carboxylic acids is 1. The lowest BCUT2D eigenvalue weighted by atomic mass is 9.95. The van der Waals surface area contributed by atoms with E-state index in [2.05, 4.69) is 15.0 Å². The Hall–Kier alpha value is -3.13. The summed E-state index contributed by atoms with van der Waals surface area (Å²) >= 11 is 0. The summed E-state index contributed by atoms with van der Waals surface area (Å²) in [7, 11) is 0. The van der Waals surface area contributed by atoms with Gasteiger partial charge in [-0.05, 0) is 17.2 Å². The molecule has 2 rings (SSSR count). The Balaban J connectivity index is 2.81. The number of carbonyl (C=O) groups is 1. The van der Waals surface area contributed by atoms with E-state index in [1.54, 1.807) is 0 Å². The predicted molar refractivity (Wildman–Crippen MR) is 68.5 cm³/mol. The second kappa shape index (κ2) is 6.32. The van der Waals surface area contributed by atoms with Crippen molar-refractivity contribution in [1.29, 1.82) is 0 Å². The Morgan fingerprint density at radius 1 is 1.26 bits per heavy atom. The molecule has 23 heavy (non-hydrogen) atoms. The van der Waals surface area contributed by atoms with E-state index in [9.17, 15) is 22.4 Å². The number of azide groups is 1. The summed E-state index contributed by atoms with van der Waals surface area (Å²) in [5, 5.41) is 12.2. The van der Waals surface area contributed by atoms with Gasteiger partial charge in [-0.15, -0.1) is 0 Å². The second-order valence-electron chi connectivity index (χ2n) is 4.26. The molecule has 0 aliphatic heterocycles. The van der Waals surface area contributed by atoms with Gasteiger partial charge in [0.15, 0.2) is 23.3 Å². The van der Waals surface area contributed by atoms with E-state index in [1.807, 2.05) is 0 Å². The molecule has 1 heterocycles. The Kier molecular flexibility index (Phi) is 4.47. The van der Waals surface area contributed by atoms with Crippen molar-refractivity contribution < 1.29 is 27.5 Å². The first-order chi connectivity index (χ1) is 10.9. The number of halogens is 4. The van der Waals surface area contributed by atoms with Gasteiger partial charge in [0.2, 0.25) is 0 Å². The Morgan fingerprint density at radius 2 is 1.87 bits per heavy atom. The third-order valence-electron chi connectivity index (χ3n) is 2.97. The van der Waals surface area contributed by atoms with Crippen LogP contribution in [0.25, 0.3) is 10.4 Å². The van der Waals surface area contributed by atoms with Crippen molar-refractivity contribution in [2.75, 3.05) is 0 Å². The van der Waals surface area contributed by atoms with Crippen molar-refractivity contribution in [3.05, 3.63) is 74.9 Å². The highest BCUT2D eigenvalue weighted by atomic mass is 19.2. The fourth-order valence-electron chi connectivity index (χ4n) is 1.98. The summed E-state index contributed by atoms with van der Waals surface area (Å²) in [4.78, 5) is 17.1. The average Bonchev–Trinajstić information content (AvgIpc) is 2.52. The van der Waals surface area contributed by atoms with Crippen LogP contribution in [0.15, 0.2) is 29.6 Å². The summed E-state index contributed by atoms with van der Waals surface area (Å²) < 4.78 is 54.5. The normalized spacial score (nSPS) is 11.7. The monoisotopic (exact) mass is 326 g/mol. The van der Waals surface area contributed by atoms with Crippen LogP contribution < -0.4 is 0 Å². The molecule has 2 aromatic rings. The van der Waals surface area contributed by atoms with Crippen LogP contribution in [-0.4, -0.2) is 16.1 Å². The lowest BCUT2D eigenvalue weighted by Crippen LogP contribution is -2.12. The van der Waals surface area contributed by atoms with Crippen LogP contribution in [0.4, 0.5) is 17.6 Å². The number of hydrogen-bond donors (Lipinski definition) is 1. The third-order valence-corrected chi connectivity index (χ3v) is 2.97. The highest BCUT2D eigenvalue weighted by Gasteiger charge is 2.29. The van der Waals surface area contributed by atoms with Gasteiger partial charge >= 0.3 is 5.97 Å². The molecule has 0 aliphatic rings. The molecule has 1 N–H and O–H groups in total. The van der Waals surface area contributed by atoms with Crippen molar-refractivity contribution in [3.8, 4) is 0 Å². The van der Waals surface area contributed by atoms with Crippen molar-refractivity contribution in [3.63, 3.8) is 0 Å². The lowest BCUT2D eigenvalue weighted by Gasteiger charge is -2.16. The average molecular weight is 326 g/mol. The molecule has 0 saturated carbocycles.